The Hall–Kier alpha value is -3.26. The van der Waals surface area contributed by atoms with E-state index in [4.69, 9.17) is 14.5 Å². The number of hydrogen-bond acceptors (Lipinski definition) is 7. The van der Waals surface area contributed by atoms with Crippen LogP contribution in [0, 0.1) is 0 Å². The molecular weight excluding hydrogens is 406 g/mol. The van der Waals surface area contributed by atoms with Gasteiger partial charge in [-0.1, -0.05) is 12.5 Å². The Balaban J connectivity index is 1.51. The second-order valence-electron chi connectivity index (χ2n) is 8.28. The van der Waals surface area contributed by atoms with Crippen LogP contribution in [0.25, 0.3) is 10.9 Å². The van der Waals surface area contributed by atoms with E-state index in [9.17, 15) is 4.79 Å². The first kappa shape index (κ1) is 20.6. The predicted molar refractivity (Wildman–Crippen MR) is 122 cm³/mol. The molecule has 3 aromatic heterocycles. The maximum Gasteiger partial charge on any atom is 0.269 e. The first-order valence-electron chi connectivity index (χ1n) is 11.2. The summed E-state index contributed by atoms with van der Waals surface area (Å²) in [4.78, 5) is 29.3. The number of nitrogens with zero attached hydrogens (tertiary/aromatic N) is 4. The highest BCUT2D eigenvalue weighted by Crippen LogP contribution is 2.37. The number of carbonyl (C=O) groups excluding carboxylic acids is 1. The summed E-state index contributed by atoms with van der Waals surface area (Å²) in [6, 6.07) is 11.3. The summed E-state index contributed by atoms with van der Waals surface area (Å²) in [5, 5.41) is 3.76. The van der Waals surface area contributed by atoms with Crippen LogP contribution in [0.4, 0.5) is 11.6 Å². The van der Waals surface area contributed by atoms with Gasteiger partial charge in [0.2, 0.25) is 5.88 Å². The quantitative estimate of drug-likeness (QED) is 0.658. The minimum atomic E-state index is -0.991. The second-order valence-corrected chi connectivity index (χ2v) is 8.28. The lowest BCUT2D eigenvalue weighted by molar-refractivity contribution is -0.134. The van der Waals surface area contributed by atoms with Crippen molar-refractivity contribution in [2.75, 3.05) is 36.5 Å². The van der Waals surface area contributed by atoms with Gasteiger partial charge in [-0.25, -0.2) is 4.98 Å². The van der Waals surface area contributed by atoms with Crippen LogP contribution in [0.3, 0.4) is 0 Å². The molecule has 8 nitrogen and oxygen atoms in total. The number of anilines is 2. The molecule has 0 aromatic carbocycles. The summed E-state index contributed by atoms with van der Waals surface area (Å²) < 4.78 is 12.1. The molecule has 0 spiro atoms. The highest BCUT2D eigenvalue weighted by Gasteiger charge is 2.43. The van der Waals surface area contributed by atoms with Crippen LogP contribution >= 0.6 is 0 Å². The van der Waals surface area contributed by atoms with Crippen molar-refractivity contribution in [2.45, 2.75) is 37.7 Å². The third kappa shape index (κ3) is 4.23. The number of ether oxygens (including phenoxy) is 2. The second kappa shape index (κ2) is 9.08. The third-order valence-corrected chi connectivity index (χ3v) is 6.16. The number of amides is 1. The Labute approximate surface area is 187 Å². The van der Waals surface area contributed by atoms with Gasteiger partial charge >= 0.3 is 0 Å². The van der Waals surface area contributed by atoms with Crippen molar-refractivity contribution in [3.05, 3.63) is 48.8 Å². The SMILES string of the molecule is O=C(Nc1ccccn1)C1(Oc2nc(N3CCOCC3)cc3ncccc23)CCCCC1. The lowest BCUT2D eigenvalue weighted by Crippen LogP contribution is -2.50. The standard InChI is InChI=1S/C24H27N5O3/c30-23(27-20-8-2-5-11-26-20)24(9-3-1-4-10-24)32-22-18-7-6-12-25-19(18)17-21(28-22)29-13-15-31-16-14-29/h2,5-8,11-12,17H,1,3-4,9-10,13-16H2,(H,26,27,30). The molecule has 8 heteroatoms. The molecule has 1 aliphatic heterocycles. The van der Waals surface area contributed by atoms with Crippen LogP contribution in [0.2, 0.25) is 0 Å². The fourth-order valence-corrected chi connectivity index (χ4v) is 4.41. The number of carbonyl (C=O) groups is 1. The average molecular weight is 434 g/mol. The maximum atomic E-state index is 13.5. The van der Waals surface area contributed by atoms with Gasteiger partial charge in [-0.2, -0.15) is 4.98 Å². The predicted octanol–water partition coefficient (Wildman–Crippen LogP) is 3.58. The molecule has 1 amide bonds. The Morgan fingerprint density at radius 3 is 2.62 bits per heavy atom. The van der Waals surface area contributed by atoms with Crippen molar-refractivity contribution in [2.24, 2.45) is 0 Å². The van der Waals surface area contributed by atoms with Gasteiger partial charge in [0, 0.05) is 31.5 Å². The third-order valence-electron chi connectivity index (χ3n) is 6.16. The Morgan fingerprint density at radius 1 is 1.03 bits per heavy atom. The van der Waals surface area contributed by atoms with Gasteiger partial charge in [0.1, 0.15) is 11.6 Å². The van der Waals surface area contributed by atoms with Gasteiger partial charge in [-0.05, 0) is 49.9 Å². The smallest absolute Gasteiger partial charge is 0.269 e. The number of aromatic nitrogens is 3. The molecule has 5 rings (SSSR count). The van der Waals surface area contributed by atoms with E-state index in [1.54, 1.807) is 18.5 Å². The summed E-state index contributed by atoms with van der Waals surface area (Å²) in [5.74, 6) is 1.60. The molecule has 2 fully saturated rings. The average Bonchev–Trinajstić information content (AvgIpc) is 2.86. The molecule has 0 unspecified atom stereocenters. The summed E-state index contributed by atoms with van der Waals surface area (Å²) in [6.45, 7) is 2.84. The molecule has 166 valence electrons. The summed E-state index contributed by atoms with van der Waals surface area (Å²) in [7, 11) is 0. The van der Waals surface area contributed by atoms with Gasteiger partial charge in [-0.3, -0.25) is 9.78 Å². The van der Waals surface area contributed by atoms with Crippen LogP contribution in [0.5, 0.6) is 5.88 Å². The number of nitrogens with one attached hydrogen (secondary N) is 1. The van der Waals surface area contributed by atoms with Crippen molar-refractivity contribution in [3.63, 3.8) is 0 Å². The Morgan fingerprint density at radius 2 is 1.84 bits per heavy atom. The zero-order valence-corrected chi connectivity index (χ0v) is 18.0. The zero-order valence-electron chi connectivity index (χ0n) is 18.0. The number of hydrogen-bond donors (Lipinski definition) is 1. The van der Waals surface area contributed by atoms with E-state index < -0.39 is 5.60 Å². The largest absolute Gasteiger partial charge is 0.460 e. The van der Waals surface area contributed by atoms with Gasteiger partial charge in [0.25, 0.3) is 5.91 Å². The normalized spacial score (nSPS) is 18.3. The molecule has 1 N–H and O–H groups in total. The summed E-state index contributed by atoms with van der Waals surface area (Å²) >= 11 is 0. The van der Waals surface area contributed by atoms with Crippen molar-refractivity contribution in [3.8, 4) is 5.88 Å². The fraction of sp³-hybridized carbons (Fsp3) is 0.417. The van der Waals surface area contributed by atoms with Crippen LogP contribution < -0.4 is 15.0 Å². The molecule has 3 aromatic rings. The molecule has 1 aliphatic carbocycles. The zero-order chi connectivity index (χ0) is 21.8. The molecule has 1 saturated carbocycles. The van der Waals surface area contributed by atoms with Gasteiger partial charge in [0.15, 0.2) is 5.60 Å². The van der Waals surface area contributed by atoms with E-state index in [0.29, 0.717) is 37.8 Å². The summed E-state index contributed by atoms with van der Waals surface area (Å²) in [6.07, 6.45) is 7.64. The van der Waals surface area contributed by atoms with Gasteiger partial charge in [-0.15, -0.1) is 0 Å². The van der Waals surface area contributed by atoms with Gasteiger partial charge < -0.3 is 19.7 Å². The van der Waals surface area contributed by atoms with E-state index in [0.717, 1.165) is 49.1 Å². The molecule has 0 radical (unpaired) electrons. The number of pyridine rings is 3. The molecule has 32 heavy (non-hydrogen) atoms. The minimum Gasteiger partial charge on any atom is -0.460 e. The Bertz CT molecular complexity index is 1080. The summed E-state index contributed by atoms with van der Waals surface area (Å²) in [5.41, 5.74) is -0.190. The minimum absolute atomic E-state index is 0.175. The van der Waals surface area contributed by atoms with Crippen molar-refractivity contribution >= 4 is 28.4 Å². The maximum absolute atomic E-state index is 13.5. The van der Waals surface area contributed by atoms with E-state index in [2.05, 4.69) is 20.2 Å². The number of fused-ring (bicyclic) bond motifs is 1. The van der Waals surface area contributed by atoms with Crippen LogP contribution in [-0.4, -0.2) is 52.8 Å². The molecular formula is C24H27N5O3. The monoisotopic (exact) mass is 433 g/mol. The van der Waals surface area contributed by atoms with Crippen LogP contribution in [0.15, 0.2) is 48.8 Å². The van der Waals surface area contributed by atoms with E-state index >= 15 is 0 Å². The van der Waals surface area contributed by atoms with Crippen molar-refractivity contribution in [1.82, 2.24) is 15.0 Å². The van der Waals surface area contributed by atoms with E-state index in [-0.39, 0.29) is 5.91 Å². The highest BCUT2D eigenvalue weighted by molar-refractivity contribution is 5.97. The van der Waals surface area contributed by atoms with Crippen LogP contribution in [-0.2, 0) is 9.53 Å². The van der Waals surface area contributed by atoms with E-state index in [1.165, 1.54) is 0 Å². The molecule has 4 heterocycles. The molecule has 2 aliphatic rings. The van der Waals surface area contributed by atoms with Gasteiger partial charge in [0.05, 0.1) is 24.1 Å². The fourth-order valence-electron chi connectivity index (χ4n) is 4.41. The lowest BCUT2D eigenvalue weighted by Gasteiger charge is -2.36. The highest BCUT2D eigenvalue weighted by atomic mass is 16.5. The van der Waals surface area contributed by atoms with Crippen molar-refractivity contribution < 1.29 is 14.3 Å². The number of morpholine rings is 1. The molecule has 0 atom stereocenters. The topological polar surface area (TPSA) is 89.5 Å². The lowest BCUT2D eigenvalue weighted by atomic mass is 9.83. The first-order chi connectivity index (χ1) is 15.7. The molecule has 1 saturated heterocycles. The van der Waals surface area contributed by atoms with Crippen LogP contribution in [0.1, 0.15) is 32.1 Å². The Kier molecular flexibility index (Phi) is 5.85. The first-order valence-corrected chi connectivity index (χ1v) is 11.2. The number of rotatable bonds is 5. The molecule has 0 bridgehead atoms. The van der Waals surface area contributed by atoms with Crippen molar-refractivity contribution in [1.29, 1.82) is 0 Å². The van der Waals surface area contributed by atoms with E-state index in [1.807, 2.05) is 30.3 Å².